The minimum absolute atomic E-state index is 0.0632. The fourth-order valence-electron chi connectivity index (χ4n) is 11.4. The van der Waals surface area contributed by atoms with Gasteiger partial charge in [-0.1, -0.05) is 115 Å². The lowest BCUT2D eigenvalue weighted by Gasteiger charge is -2.61. The standard InChI is InChI=1S/C46H35N3/c1-2-11-30(12-3-1)43-36-15-7-9-17-39(36)47-45(48-43)49-40-21-20-35-34-14-6-8-16-38(34)46(31-23-27-22-28(25-31)26-32(46)24-27)42(35)41(40)37-19-18-29-10-4-5-13-33(29)44(37)49/h1-21,27-28,31-32H,22-26H2/i1D,2D,3D,11D,12D. The third-order valence-electron chi connectivity index (χ3n) is 12.8. The van der Waals surface area contributed by atoms with Crippen molar-refractivity contribution in [1.29, 1.82) is 0 Å². The number of benzene rings is 6. The van der Waals surface area contributed by atoms with Crippen molar-refractivity contribution < 1.29 is 6.85 Å². The molecule has 0 aliphatic heterocycles. The topological polar surface area (TPSA) is 30.7 Å². The zero-order valence-electron chi connectivity index (χ0n) is 31.9. The Morgan fingerprint density at radius 3 is 2.20 bits per heavy atom. The Hall–Kier alpha value is -5.28. The predicted octanol–water partition coefficient (Wildman–Crippen LogP) is 11.3. The second kappa shape index (κ2) is 9.45. The second-order valence-electron chi connectivity index (χ2n) is 15.0. The number of hydrogen-bond acceptors (Lipinski definition) is 2. The third-order valence-corrected chi connectivity index (χ3v) is 12.8. The zero-order chi connectivity index (χ0) is 36.2. The van der Waals surface area contributed by atoms with Crippen molar-refractivity contribution in [2.24, 2.45) is 23.7 Å². The first-order valence-electron chi connectivity index (χ1n) is 20.3. The molecule has 2 heterocycles. The highest BCUT2D eigenvalue weighted by Crippen LogP contribution is 2.70. The lowest BCUT2D eigenvalue weighted by atomic mass is 9.43. The van der Waals surface area contributed by atoms with E-state index in [0.29, 0.717) is 34.4 Å². The number of fused-ring (bicyclic) bond motifs is 10. The van der Waals surface area contributed by atoms with Gasteiger partial charge < -0.3 is 0 Å². The van der Waals surface area contributed by atoms with Crippen LogP contribution in [-0.2, 0) is 5.41 Å². The molecule has 4 fully saturated rings. The molecule has 234 valence electrons. The minimum atomic E-state index is -0.422. The molecule has 49 heavy (non-hydrogen) atoms. The van der Waals surface area contributed by atoms with Gasteiger partial charge in [0.1, 0.15) is 0 Å². The van der Waals surface area contributed by atoms with E-state index in [1.807, 2.05) is 24.3 Å². The molecule has 0 saturated heterocycles. The summed E-state index contributed by atoms with van der Waals surface area (Å²) in [6.07, 6.45) is 6.53. The smallest absolute Gasteiger partial charge is 0.235 e. The highest BCUT2D eigenvalue weighted by molar-refractivity contribution is 6.21. The fourth-order valence-corrected chi connectivity index (χ4v) is 11.4. The van der Waals surface area contributed by atoms with Crippen LogP contribution in [0, 0.1) is 23.7 Å². The highest BCUT2D eigenvalue weighted by atomic mass is 15.2. The summed E-state index contributed by atoms with van der Waals surface area (Å²) >= 11 is 0. The van der Waals surface area contributed by atoms with Gasteiger partial charge in [0.25, 0.3) is 0 Å². The lowest BCUT2D eigenvalue weighted by molar-refractivity contribution is -0.0393. The Morgan fingerprint density at radius 1 is 0.633 bits per heavy atom. The Bertz CT molecular complexity index is 2930. The summed E-state index contributed by atoms with van der Waals surface area (Å²) in [6.45, 7) is 0. The number of para-hydroxylation sites is 1. The Balaban J connectivity index is 1.24. The summed E-state index contributed by atoms with van der Waals surface area (Å²) in [5, 5.41) is 5.27. The molecule has 3 nitrogen and oxygen atoms in total. The summed E-state index contributed by atoms with van der Waals surface area (Å²) in [5.74, 6) is 3.25. The summed E-state index contributed by atoms with van der Waals surface area (Å²) in [5.41, 5.74) is 8.74. The molecule has 8 aromatic rings. The molecule has 5 aliphatic rings. The molecule has 2 aromatic heterocycles. The normalized spacial score (nSPS) is 26.2. The van der Waals surface area contributed by atoms with Gasteiger partial charge in [-0.25, -0.2) is 9.97 Å². The van der Waals surface area contributed by atoms with Crippen molar-refractivity contribution in [3.63, 3.8) is 0 Å². The minimum Gasteiger partial charge on any atom is -0.277 e. The first kappa shape index (κ1) is 22.4. The van der Waals surface area contributed by atoms with Crippen molar-refractivity contribution in [1.82, 2.24) is 14.5 Å². The number of hydrogen-bond donors (Lipinski definition) is 0. The van der Waals surface area contributed by atoms with Crippen molar-refractivity contribution in [3.05, 3.63) is 138 Å². The zero-order valence-corrected chi connectivity index (χ0v) is 26.9. The van der Waals surface area contributed by atoms with Gasteiger partial charge in [-0.15, -0.1) is 0 Å². The van der Waals surface area contributed by atoms with Crippen LogP contribution in [0.4, 0.5) is 0 Å². The van der Waals surface area contributed by atoms with Crippen molar-refractivity contribution in [2.75, 3.05) is 0 Å². The number of rotatable bonds is 2. The van der Waals surface area contributed by atoms with Gasteiger partial charge in [-0.05, 0) is 95.5 Å². The molecule has 4 bridgehead atoms. The SMILES string of the molecule is [2H]c1c([2H])c([2H])c(-c2nc(-n3c4ccc5c(c4c4ccc6ccccc6c43)C3(c4ccccc4-5)C4CC5CC(C4)CC3C5)nc3ccccc23)c([2H])c1[2H]. The molecular formula is C46H35N3. The van der Waals surface area contributed by atoms with E-state index in [0.717, 1.165) is 33.6 Å². The number of aromatic nitrogens is 3. The number of nitrogens with zero attached hydrogens (tertiary/aromatic N) is 3. The molecule has 0 atom stereocenters. The first-order valence-corrected chi connectivity index (χ1v) is 17.8. The van der Waals surface area contributed by atoms with Gasteiger partial charge in [0.05, 0.1) is 29.1 Å². The Kier molecular flexibility index (Phi) is 4.31. The maximum atomic E-state index is 8.96. The Labute approximate surface area is 292 Å². The maximum absolute atomic E-state index is 8.96. The van der Waals surface area contributed by atoms with E-state index in [4.69, 9.17) is 16.8 Å². The molecule has 0 N–H and O–H groups in total. The van der Waals surface area contributed by atoms with Crippen LogP contribution in [0.15, 0.2) is 127 Å². The van der Waals surface area contributed by atoms with E-state index in [1.165, 1.54) is 65.1 Å². The van der Waals surface area contributed by atoms with Crippen molar-refractivity contribution in [3.8, 4) is 28.3 Å². The predicted molar refractivity (Wildman–Crippen MR) is 200 cm³/mol. The molecule has 0 amide bonds. The summed E-state index contributed by atoms with van der Waals surface area (Å²) in [4.78, 5) is 10.5. The van der Waals surface area contributed by atoms with E-state index >= 15 is 0 Å². The third kappa shape index (κ3) is 3.34. The van der Waals surface area contributed by atoms with Crippen LogP contribution < -0.4 is 0 Å². The van der Waals surface area contributed by atoms with Gasteiger partial charge in [0.15, 0.2) is 0 Å². The van der Waals surface area contributed by atoms with E-state index < -0.39 is 6.04 Å². The van der Waals surface area contributed by atoms with Crippen molar-refractivity contribution >= 4 is 43.5 Å². The summed E-state index contributed by atoms with van der Waals surface area (Å²) in [6, 6.07) is 32.7. The van der Waals surface area contributed by atoms with Crippen LogP contribution in [-0.4, -0.2) is 14.5 Å². The van der Waals surface area contributed by atoms with Crippen molar-refractivity contribution in [2.45, 2.75) is 37.5 Å². The average Bonchev–Trinajstić information content (AvgIpc) is 3.69. The molecule has 0 radical (unpaired) electrons. The monoisotopic (exact) mass is 634 g/mol. The average molecular weight is 635 g/mol. The van der Waals surface area contributed by atoms with Gasteiger partial charge in [0, 0.05) is 32.5 Å². The van der Waals surface area contributed by atoms with Gasteiger partial charge in [0.2, 0.25) is 5.95 Å². The van der Waals surface area contributed by atoms with Crippen LogP contribution in [0.1, 0.15) is 50.1 Å². The molecule has 5 aliphatic carbocycles. The largest absolute Gasteiger partial charge is 0.277 e. The van der Waals surface area contributed by atoms with Crippen LogP contribution in [0.25, 0.3) is 71.8 Å². The molecule has 6 aromatic carbocycles. The maximum Gasteiger partial charge on any atom is 0.235 e. The molecular weight excluding hydrogens is 595 g/mol. The molecule has 0 unspecified atom stereocenters. The lowest BCUT2D eigenvalue weighted by Crippen LogP contribution is -2.55. The Morgan fingerprint density at radius 2 is 1.37 bits per heavy atom. The van der Waals surface area contributed by atoms with Crippen LogP contribution in [0.2, 0.25) is 0 Å². The van der Waals surface area contributed by atoms with Crippen LogP contribution in [0.5, 0.6) is 0 Å². The van der Waals surface area contributed by atoms with Gasteiger partial charge in [-0.2, -0.15) is 0 Å². The highest BCUT2D eigenvalue weighted by Gasteiger charge is 2.62. The summed E-state index contributed by atoms with van der Waals surface area (Å²) < 4.78 is 45.5. The molecule has 4 saturated carbocycles. The second-order valence-corrected chi connectivity index (χ2v) is 15.0. The van der Waals surface area contributed by atoms with E-state index in [2.05, 4.69) is 77.4 Å². The van der Waals surface area contributed by atoms with Gasteiger partial charge >= 0.3 is 0 Å². The van der Waals surface area contributed by atoms with Crippen LogP contribution in [0.3, 0.4) is 0 Å². The quantitative estimate of drug-likeness (QED) is 0.189. The molecule has 3 heteroatoms. The molecule has 13 rings (SSSR count). The van der Waals surface area contributed by atoms with E-state index in [1.54, 1.807) is 0 Å². The van der Waals surface area contributed by atoms with E-state index in [-0.39, 0.29) is 35.1 Å². The summed E-state index contributed by atoms with van der Waals surface area (Å²) in [7, 11) is 0. The van der Waals surface area contributed by atoms with E-state index in [9.17, 15) is 0 Å². The fraction of sp³-hybridized carbons (Fsp3) is 0.217. The van der Waals surface area contributed by atoms with Gasteiger partial charge in [-0.3, -0.25) is 4.57 Å². The van der Waals surface area contributed by atoms with Crippen LogP contribution >= 0.6 is 0 Å². The molecule has 1 spiro atoms. The first-order chi connectivity index (χ1) is 26.3.